The number of likely N-dealkylation sites (tertiary alicyclic amines) is 1. The van der Waals surface area contributed by atoms with Gasteiger partial charge in [-0.2, -0.15) is 0 Å². The van der Waals surface area contributed by atoms with Crippen molar-refractivity contribution in [1.82, 2.24) is 9.88 Å². The molecule has 5 nitrogen and oxygen atoms in total. The quantitative estimate of drug-likeness (QED) is 0.851. The van der Waals surface area contributed by atoms with Gasteiger partial charge < -0.3 is 15.5 Å². The smallest absolute Gasteiger partial charge is 0.241 e. The number of anilines is 2. The van der Waals surface area contributed by atoms with Crippen LogP contribution >= 0.6 is 0 Å². The lowest BCUT2D eigenvalue weighted by Crippen LogP contribution is -2.39. The van der Waals surface area contributed by atoms with Gasteiger partial charge in [-0.1, -0.05) is 0 Å². The summed E-state index contributed by atoms with van der Waals surface area (Å²) in [7, 11) is 0. The number of nitrogens with zero attached hydrogens (tertiary/aromatic N) is 2. The monoisotopic (exact) mass is 262 g/mol. The Hall–Kier alpha value is -1.78. The SMILES string of the molecule is CCNc1cncc(NCC(=O)N2CCCCC2)c1. The maximum Gasteiger partial charge on any atom is 0.241 e. The highest BCUT2D eigenvalue weighted by atomic mass is 16.2. The molecule has 0 aliphatic carbocycles. The van der Waals surface area contributed by atoms with Crippen molar-refractivity contribution < 1.29 is 4.79 Å². The summed E-state index contributed by atoms with van der Waals surface area (Å²) in [6, 6.07) is 1.97. The van der Waals surface area contributed by atoms with Crippen molar-refractivity contribution in [2.24, 2.45) is 0 Å². The zero-order chi connectivity index (χ0) is 13.5. The Bertz CT molecular complexity index is 416. The highest BCUT2D eigenvalue weighted by Crippen LogP contribution is 2.13. The van der Waals surface area contributed by atoms with Crippen molar-refractivity contribution in [3.05, 3.63) is 18.5 Å². The van der Waals surface area contributed by atoms with Crippen LogP contribution in [0.2, 0.25) is 0 Å². The highest BCUT2D eigenvalue weighted by Gasteiger charge is 2.15. The van der Waals surface area contributed by atoms with E-state index in [0.717, 1.165) is 43.9 Å². The first-order chi connectivity index (χ1) is 9.29. The standard InChI is InChI=1S/C14H22N4O/c1-2-16-12-8-13(10-15-9-12)17-11-14(19)18-6-4-3-5-7-18/h8-10,16-17H,2-7,11H2,1H3. The van der Waals surface area contributed by atoms with Crippen LogP contribution in [-0.4, -0.2) is 42.0 Å². The van der Waals surface area contributed by atoms with E-state index in [-0.39, 0.29) is 5.91 Å². The van der Waals surface area contributed by atoms with Gasteiger partial charge in [-0.3, -0.25) is 9.78 Å². The maximum atomic E-state index is 12.0. The summed E-state index contributed by atoms with van der Waals surface area (Å²) in [5.74, 6) is 0.175. The Labute approximate surface area is 114 Å². The average Bonchev–Trinajstić information content (AvgIpc) is 2.46. The fraction of sp³-hybridized carbons (Fsp3) is 0.571. The second-order valence-electron chi connectivity index (χ2n) is 4.79. The number of hydrogen-bond donors (Lipinski definition) is 2. The van der Waals surface area contributed by atoms with Crippen LogP contribution in [0.4, 0.5) is 11.4 Å². The molecule has 1 aromatic rings. The van der Waals surface area contributed by atoms with Gasteiger partial charge in [-0.05, 0) is 32.3 Å². The first-order valence-electron chi connectivity index (χ1n) is 7.00. The lowest BCUT2D eigenvalue weighted by Gasteiger charge is -2.26. The Morgan fingerprint density at radius 2 is 1.89 bits per heavy atom. The molecule has 0 radical (unpaired) electrons. The third kappa shape index (κ3) is 4.12. The van der Waals surface area contributed by atoms with Gasteiger partial charge in [0.05, 0.1) is 30.3 Å². The molecule has 1 fully saturated rings. The van der Waals surface area contributed by atoms with Crippen LogP contribution < -0.4 is 10.6 Å². The van der Waals surface area contributed by atoms with E-state index in [2.05, 4.69) is 15.6 Å². The molecule has 1 aromatic heterocycles. The molecule has 104 valence electrons. The molecule has 0 atom stereocenters. The van der Waals surface area contributed by atoms with Crippen molar-refractivity contribution in [1.29, 1.82) is 0 Å². The first-order valence-corrected chi connectivity index (χ1v) is 7.00. The Morgan fingerprint density at radius 3 is 2.58 bits per heavy atom. The van der Waals surface area contributed by atoms with Gasteiger partial charge in [0.2, 0.25) is 5.91 Å². The molecule has 1 aliphatic heterocycles. The zero-order valence-electron chi connectivity index (χ0n) is 11.5. The Kier molecular flexibility index (Phi) is 5.01. The molecule has 0 aromatic carbocycles. The molecule has 0 spiro atoms. The highest BCUT2D eigenvalue weighted by molar-refractivity contribution is 5.81. The van der Waals surface area contributed by atoms with E-state index in [1.54, 1.807) is 12.4 Å². The molecular weight excluding hydrogens is 240 g/mol. The van der Waals surface area contributed by atoms with Crippen LogP contribution in [-0.2, 0) is 4.79 Å². The lowest BCUT2D eigenvalue weighted by atomic mass is 10.1. The summed E-state index contributed by atoms with van der Waals surface area (Å²) in [6.45, 7) is 5.04. The van der Waals surface area contributed by atoms with E-state index in [0.29, 0.717) is 6.54 Å². The van der Waals surface area contributed by atoms with E-state index in [4.69, 9.17) is 0 Å². The third-order valence-electron chi connectivity index (χ3n) is 3.27. The van der Waals surface area contributed by atoms with E-state index in [1.165, 1.54) is 6.42 Å². The van der Waals surface area contributed by atoms with Crippen LogP contribution in [0, 0.1) is 0 Å². The Morgan fingerprint density at radius 1 is 1.21 bits per heavy atom. The number of pyridine rings is 1. The molecule has 2 rings (SSSR count). The predicted molar refractivity (Wildman–Crippen MR) is 77.3 cm³/mol. The first kappa shape index (κ1) is 13.6. The zero-order valence-corrected chi connectivity index (χ0v) is 11.5. The molecule has 5 heteroatoms. The van der Waals surface area contributed by atoms with E-state index in [1.807, 2.05) is 17.9 Å². The van der Waals surface area contributed by atoms with E-state index < -0.39 is 0 Å². The van der Waals surface area contributed by atoms with Gasteiger partial charge in [-0.15, -0.1) is 0 Å². The largest absolute Gasteiger partial charge is 0.384 e. The number of rotatable bonds is 5. The van der Waals surface area contributed by atoms with Gasteiger partial charge in [0, 0.05) is 19.6 Å². The van der Waals surface area contributed by atoms with Crippen molar-refractivity contribution in [3.63, 3.8) is 0 Å². The van der Waals surface area contributed by atoms with Crippen LogP contribution in [0.1, 0.15) is 26.2 Å². The van der Waals surface area contributed by atoms with Crippen LogP contribution in [0.15, 0.2) is 18.5 Å². The minimum atomic E-state index is 0.175. The number of aromatic nitrogens is 1. The van der Waals surface area contributed by atoms with E-state index in [9.17, 15) is 4.79 Å². The van der Waals surface area contributed by atoms with Crippen molar-refractivity contribution in [2.75, 3.05) is 36.8 Å². The number of hydrogen-bond acceptors (Lipinski definition) is 4. The molecule has 0 bridgehead atoms. The summed E-state index contributed by atoms with van der Waals surface area (Å²) in [4.78, 5) is 18.1. The number of carbonyl (C=O) groups is 1. The topological polar surface area (TPSA) is 57.3 Å². The molecule has 2 heterocycles. The fourth-order valence-corrected chi connectivity index (χ4v) is 2.27. The van der Waals surface area contributed by atoms with Crippen molar-refractivity contribution in [3.8, 4) is 0 Å². The molecule has 19 heavy (non-hydrogen) atoms. The molecular formula is C14H22N4O. The van der Waals surface area contributed by atoms with Gasteiger partial charge >= 0.3 is 0 Å². The Balaban J connectivity index is 1.83. The lowest BCUT2D eigenvalue weighted by molar-refractivity contribution is -0.130. The molecule has 1 saturated heterocycles. The van der Waals surface area contributed by atoms with E-state index >= 15 is 0 Å². The van der Waals surface area contributed by atoms with Crippen LogP contribution in [0.25, 0.3) is 0 Å². The summed E-state index contributed by atoms with van der Waals surface area (Å²) in [6.07, 6.45) is 7.02. The molecule has 0 saturated carbocycles. The number of carbonyl (C=O) groups excluding carboxylic acids is 1. The van der Waals surface area contributed by atoms with Gasteiger partial charge in [0.1, 0.15) is 0 Å². The fourth-order valence-electron chi connectivity index (χ4n) is 2.27. The molecule has 1 amide bonds. The van der Waals surface area contributed by atoms with Gasteiger partial charge in [0.25, 0.3) is 0 Å². The number of nitrogens with one attached hydrogen (secondary N) is 2. The van der Waals surface area contributed by atoms with Crippen LogP contribution in [0.3, 0.4) is 0 Å². The maximum absolute atomic E-state index is 12.0. The van der Waals surface area contributed by atoms with Gasteiger partial charge in [-0.25, -0.2) is 0 Å². The predicted octanol–water partition coefficient (Wildman–Crippen LogP) is 1.94. The number of piperidine rings is 1. The number of amides is 1. The third-order valence-corrected chi connectivity index (χ3v) is 3.27. The van der Waals surface area contributed by atoms with Crippen LogP contribution in [0.5, 0.6) is 0 Å². The summed E-state index contributed by atoms with van der Waals surface area (Å²) >= 11 is 0. The minimum absolute atomic E-state index is 0.175. The minimum Gasteiger partial charge on any atom is -0.384 e. The second kappa shape index (κ2) is 6.97. The molecule has 1 aliphatic rings. The normalized spacial score (nSPS) is 15.1. The second-order valence-corrected chi connectivity index (χ2v) is 4.79. The summed E-state index contributed by atoms with van der Waals surface area (Å²) in [5.41, 5.74) is 1.85. The summed E-state index contributed by atoms with van der Waals surface area (Å²) in [5, 5.41) is 6.35. The summed E-state index contributed by atoms with van der Waals surface area (Å²) < 4.78 is 0. The average molecular weight is 262 g/mol. The molecule has 2 N–H and O–H groups in total. The van der Waals surface area contributed by atoms with Crippen molar-refractivity contribution >= 4 is 17.3 Å². The molecule has 0 unspecified atom stereocenters. The van der Waals surface area contributed by atoms with Gasteiger partial charge in [0.15, 0.2) is 0 Å². The van der Waals surface area contributed by atoms with Crippen molar-refractivity contribution in [2.45, 2.75) is 26.2 Å².